The molecular formula is C23H44. The van der Waals surface area contributed by atoms with Crippen LogP contribution < -0.4 is 0 Å². The van der Waals surface area contributed by atoms with Crippen LogP contribution in [0.1, 0.15) is 116 Å². The van der Waals surface area contributed by atoms with E-state index in [4.69, 9.17) is 0 Å². The fraction of sp³-hybridized carbons (Fsp3) is 0.739. The summed E-state index contributed by atoms with van der Waals surface area (Å²) in [6, 6.07) is 4.78. The minimum atomic E-state index is 0.766. The maximum atomic E-state index is 2.42. The molecule has 0 bridgehead atoms. The van der Waals surface area contributed by atoms with Crippen LogP contribution in [-0.2, 0) is 12.8 Å². The van der Waals surface area contributed by atoms with Gasteiger partial charge in [-0.1, -0.05) is 86.8 Å². The first kappa shape index (κ1) is 24.5. The molecule has 0 aliphatic rings. The molecule has 0 spiro atoms. The monoisotopic (exact) mass is 320 g/mol. The molecule has 1 rings (SSSR count). The van der Waals surface area contributed by atoms with Gasteiger partial charge >= 0.3 is 0 Å². The average Bonchev–Trinajstić information content (AvgIpc) is 2.60. The van der Waals surface area contributed by atoms with E-state index in [0.717, 1.165) is 5.92 Å². The van der Waals surface area contributed by atoms with Crippen LogP contribution in [0.2, 0.25) is 0 Å². The number of rotatable bonds is 8. The van der Waals surface area contributed by atoms with Crippen LogP contribution in [0.4, 0.5) is 0 Å². The smallest absolute Gasteiger partial charge is 0.0162 e. The van der Waals surface area contributed by atoms with Gasteiger partial charge in [0.05, 0.1) is 0 Å². The second-order valence-corrected chi connectivity index (χ2v) is 5.82. The Labute approximate surface area is 148 Å². The number of benzene rings is 1. The van der Waals surface area contributed by atoms with Gasteiger partial charge in [0.25, 0.3) is 0 Å². The minimum Gasteiger partial charge on any atom is -0.0683 e. The third-order valence-electron chi connectivity index (χ3n) is 4.27. The molecule has 1 aromatic carbocycles. The Kier molecular flexibility index (Phi) is 17.1. The highest BCUT2D eigenvalue weighted by Crippen LogP contribution is 2.32. The van der Waals surface area contributed by atoms with E-state index in [1.54, 1.807) is 16.7 Å². The van der Waals surface area contributed by atoms with E-state index >= 15 is 0 Å². The standard InChI is InChI=1S/C19H32.2C2H6/c1-6-10-16(9-4)18-14-13-15(5)17(11-7-2)19(18)12-8-3;2*1-2/h13-14,16H,6-12H2,1-5H3;2*1-2H3. The topological polar surface area (TPSA) is 0 Å². The Hall–Kier alpha value is -0.780. The molecule has 23 heavy (non-hydrogen) atoms. The van der Waals surface area contributed by atoms with E-state index in [0.29, 0.717) is 0 Å². The van der Waals surface area contributed by atoms with Gasteiger partial charge in [0.15, 0.2) is 0 Å². The first-order chi connectivity index (χ1) is 11.2. The zero-order chi connectivity index (χ0) is 18.3. The molecule has 0 aliphatic carbocycles. The largest absolute Gasteiger partial charge is 0.0683 e. The van der Waals surface area contributed by atoms with Crippen LogP contribution in [-0.4, -0.2) is 0 Å². The predicted octanol–water partition coefficient (Wildman–Crippen LogP) is 8.25. The van der Waals surface area contributed by atoms with Gasteiger partial charge in [-0.2, -0.15) is 0 Å². The van der Waals surface area contributed by atoms with Crippen molar-refractivity contribution in [3.8, 4) is 0 Å². The minimum absolute atomic E-state index is 0.766. The second kappa shape index (κ2) is 16.1. The van der Waals surface area contributed by atoms with Gasteiger partial charge in [-0.05, 0) is 60.8 Å². The molecule has 0 amide bonds. The van der Waals surface area contributed by atoms with E-state index in [2.05, 4.69) is 46.8 Å². The molecule has 1 atom stereocenters. The van der Waals surface area contributed by atoms with Crippen molar-refractivity contribution >= 4 is 0 Å². The van der Waals surface area contributed by atoms with Crippen molar-refractivity contribution in [1.82, 2.24) is 0 Å². The molecule has 1 aromatic rings. The zero-order valence-electron chi connectivity index (χ0n) is 17.7. The van der Waals surface area contributed by atoms with Crippen molar-refractivity contribution in [2.24, 2.45) is 0 Å². The normalized spacial score (nSPS) is 11.0. The van der Waals surface area contributed by atoms with Crippen LogP contribution in [0.25, 0.3) is 0 Å². The summed E-state index contributed by atoms with van der Waals surface area (Å²) in [6.07, 6.45) is 8.92. The summed E-state index contributed by atoms with van der Waals surface area (Å²) >= 11 is 0. The zero-order valence-corrected chi connectivity index (χ0v) is 17.7. The third-order valence-corrected chi connectivity index (χ3v) is 4.27. The van der Waals surface area contributed by atoms with Gasteiger partial charge in [0.2, 0.25) is 0 Å². The Morgan fingerprint density at radius 3 is 1.70 bits per heavy atom. The average molecular weight is 321 g/mol. The van der Waals surface area contributed by atoms with Crippen molar-refractivity contribution in [2.75, 3.05) is 0 Å². The quantitative estimate of drug-likeness (QED) is 0.452. The van der Waals surface area contributed by atoms with E-state index in [9.17, 15) is 0 Å². The molecule has 0 saturated carbocycles. The van der Waals surface area contributed by atoms with Crippen molar-refractivity contribution in [3.05, 3.63) is 34.4 Å². The molecular weight excluding hydrogens is 276 g/mol. The Bertz CT molecular complexity index is 376. The van der Waals surface area contributed by atoms with Crippen molar-refractivity contribution in [3.63, 3.8) is 0 Å². The molecule has 0 heteroatoms. The number of hydrogen-bond donors (Lipinski definition) is 0. The molecule has 0 saturated heterocycles. The lowest BCUT2D eigenvalue weighted by molar-refractivity contribution is 0.588. The fourth-order valence-corrected chi connectivity index (χ4v) is 3.28. The van der Waals surface area contributed by atoms with Crippen molar-refractivity contribution in [1.29, 1.82) is 0 Å². The van der Waals surface area contributed by atoms with Gasteiger partial charge in [-0.3, -0.25) is 0 Å². The summed E-state index contributed by atoms with van der Waals surface area (Å²) in [5.41, 5.74) is 6.49. The SMILES string of the molecule is CC.CC.CCCc1c(C)ccc(C(CC)CCC)c1CCC. The summed E-state index contributed by atoms with van der Waals surface area (Å²) in [6.45, 7) is 19.5. The number of hydrogen-bond acceptors (Lipinski definition) is 0. The maximum absolute atomic E-state index is 2.42. The summed E-state index contributed by atoms with van der Waals surface area (Å²) in [5.74, 6) is 0.766. The molecule has 0 fully saturated rings. The van der Waals surface area contributed by atoms with Crippen LogP contribution in [0, 0.1) is 6.92 Å². The van der Waals surface area contributed by atoms with Crippen molar-refractivity contribution < 1.29 is 0 Å². The molecule has 0 heterocycles. The lowest BCUT2D eigenvalue weighted by Gasteiger charge is -2.23. The second-order valence-electron chi connectivity index (χ2n) is 5.82. The third kappa shape index (κ3) is 8.04. The molecule has 0 nitrogen and oxygen atoms in total. The Morgan fingerprint density at radius 1 is 0.739 bits per heavy atom. The lowest BCUT2D eigenvalue weighted by atomic mass is 9.82. The van der Waals surface area contributed by atoms with Crippen molar-refractivity contribution in [2.45, 2.75) is 113 Å². The highest BCUT2D eigenvalue weighted by molar-refractivity contribution is 5.42. The van der Waals surface area contributed by atoms with Gasteiger partial charge in [-0.15, -0.1) is 0 Å². The molecule has 1 unspecified atom stereocenters. The van der Waals surface area contributed by atoms with Gasteiger partial charge < -0.3 is 0 Å². The highest BCUT2D eigenvalue weighted by atomic mass is 14.2. The Morgan fingerprint density at radius 2 is 1.26 bits per heavy atom. The van der Waals surface area contributed by atoms with Crippen LogP contribution in [0.15, 0.2) is 12.1 Å². The molecule has 136 valence electrons. The van der Waals surface area contributed by atoms with E-state index < -0.39 is 0 Å². The highest BCUT2D eigenvalue weighted by Gasteiger charge is 2.16. The fourth-order valence-electron chi connectivity index (χ4n) is 3.28. The van der Waals surface area contributed by atoms with Gasteiger partial charge in [0.1, 0.15) is 0 Å². The summed E-state index contributed by atoms with van der Waals surface area (Å²) in [7, 11) is 0. The first-order valence-corrected chi connectivity index (χ1v) is 10.3. The van der Waals surface area contributed by atoms with Crippen LogP contribution >= 0.6 is 0 Å². The summed E-state index contributed by atoms with van der Waals surface area (Å²) < 4.78 is 0. The number of aryl methyl sites for hydroxylation is 1. The van der Waals surface area contributed by atoms with Gasteiger partial charge in [0, 0.05) is 0 Å². The summed E-state index contributed by atoms with van der Waals surface area (Å²) in [4.78, 5) is 0. The Balaban J connectivity index is 0. The molecule has 0 N–H and O–H groups in total. The van der Waals surface area contributed by atoms with Gasteiger partial charge in [-0.25, -0.2) is 0 Å². The first-order valence-electron chi connectivity index (χ1n) is 10.3. The maximum Gasteiger partial charge on any atom is -0.0162 e. The molecule has 0 radical (unpaired) electrons. The summed E-state index contributed by atoms with van der Waals surface area (Å²) in [5, 5.41) is 0. The van der Waals surface area contributed by atoms with E-state index in [1.165, 1.54) is 50.5 Å². The lowest BCUT2D eigenvalue weighted by Crippen LogP contribution is -2.07. The van der Waals surface area contributed by atoms with Crippen LogP contribution in [0.3, 0.4) is 0 Å². The predicted molar refractivity (Wildman–Crippen MR) is 110 cm³/mol. The van der Waals surface area contributed by atoms with E-state index in [1.807, 2.05) is 27.7 Å². The van der Waals surface area contributed by atoms with E-state index in [-0.39, 0.29) is 0 Å². The van der Waals surface area contributed by atoms with Crippen LogP contribution in [0.5, 0.6) is 0 Å². The molecule has 0 aromatic heterocycles. The molecule has 0 aliphatic heterocycles.